The van der Waals surface area contributed by atoms with Crippen LogP contribution in [-0.2, 0) is 0 Å². The van der Waals surface area contributed by atoms with E-state index in [0.29, 0.717) is 40.0 Å². The van der Waals surface area contributed by atoms with Crippen LogP contribution in [0.25, 0.3) is 22.3 Å². The standard InChI is InChI=1S/C22H18N2O4/c1-26-14-7-5-8-15(13-14)28-22-16-9-3-4-11-18(16)23-21(24-22)17-10-6-12-19(27-2)20(17)25/h3-13,25H,1-2H3. The van der Waals surface area contributed by atoms with Gasteiger partial charge < -0.3 is 19.3 Å². The molecule has 0 aliphatic heterocycles. The second-order valence-corrected chi connectivity index (χ2v) is 6.01. The third-order valence-electron chi connectivity index (χ3n) is 4.28. The van der Waals surface area contributed by atoms with Crippen LogP contribution in [-0.4, -0.2) is 29.3 Å². The number of para-hydroxylation sites is 2. The number of ether oxygens (including phenoxy) is 3. The molecule has 0 bridgehead atoms. The minimum absolute atomic E-state index is 0.0207. The van der Waals surface area contributed by atoms with Gasteiger partial charge in [0, 0.05) is 6.07 Å². The second kappa shape index (κ2) is 7.44. The fourth-order valence-corrected chi connectivity index (χ4v) is 2.89. The molecule has 0 aliphatic carbocycles. The molecule has 0 saturated heterocycles. The summed E-state index contributed by atoms with van der Waals surface area (Å²) in [6.07, 6.45) is 0. The fraction of sp³-hybridized carbons (Fsp3) is 0.0909. The third-order valence-corrected chi connectivity index (χ3v) is 4.28. The van der Waals surface area contributed by atoms with Gasteiger partial charge in [0.05, 0.1) is 30.7 Å². The van der Waals surface area contributed by atoms with Crippen molar-refractivity contribution in [3.63, 3.8) is 0 Å². The van der Waals surface area contributed by atoms with E-state index in [1.807, 2.05) is 42.5 Å². The number of nitrogens with zero attached hydrogens (tertiary/aromatic N) is 2. The zero-order valence-corrected chi connectivity index (χ0v) is 15.4. The van der Waals surface area contributed by atoms with E-state index in [1.54, 1.807) is 31.4 Å². The maximum atomic E-state index is 10.5. The van der Waals surface area contributed by atoms with Gasteiger partial charge in [0.1, 0.15) is 11.5 Å². The lowest BCUT2D eigenvalue weighted by atomic mass is 10.1. The van der Waals surface area contributed by atoms with E-state index in [0.717, 1.165) is 5.39 Å². The molecular formula is C22H18N2O4. The molecule has 3 aromatic carbocycles. The summed E-state index contributed by atoms with van der Waals surface area (Å²) in [5.41, 5.74) is 1.16. The molecule has 0 amide bonds. The van der Waals surface area contributed by atoms with Gasteiger partial charge in [-0.05, 0) is 36.4 Å². The van der Waals surface area contributed by atoms with Crippen molar-refractivity contribution in [2.45, 2.75) is 0 Å². The first kappa shape index (κ1) is 17.6. The van der Waals surface area contributed by atoms with Crippen LogP contribution in [0.3, 0.4) is 0 Å². The average molecular weight is 374 g/mol. The van der Waals surface area contributed by atoms with E-state index in [1.165, 1.54) is 7.11 Å². The van der Waals surface area contributed by atoms with Gasteiger partial charge in [0.15, 0.2) is 17.3 Å². The van der Waals surface area contributed by atoms with Gasteiger partial charge in [-0.2, -0.15) is 4.98 Å². The van der Waals surface area contributed by atoms with Gasteiger partial charge in [-0.1, -0.05) is 24.3 Å². The number of aromatic nitrogens is 2. The van der Waals surface area contributed by atoms with Gasteiger partial charge >= 0.3 is 0 Å². The Morgan fingerprint density at radius 2 is 1.57 bits per heavy atom. The van der Waals surface area contributed by atoms with Crippen molar-refractivity contribution < 1.29 is 19.3 Å². The van der Waals surface area contributed by atoms with Crippen LogP contribution in [0.15, 0.2) is 66.7 Å². The summed E-state index contributed by atoms with van der Waals surface area (Å²) in [5.74, 6) is 2.33. The van der Waals surface area contributed by atoms with Crippen LogP contribution in [0.2, 0.25) is 0 Å². The molecule has 0 aliphatic rings. The lowest BCUT2D eigenvalue weighted by Gasteiger charge is -2.12. The molecule has 0 spiro atoms. The highest BCUT2D eigenvalue weighted by atomic mass is 16.5. The van der Waals surface area contributed by atoms with E-state index in [9.17, 15) is 5.11 Å². The van der Waals surface area contributed by atoms with Crippen LogP contribution in [0.5, 0.6) is 28.9 Å². The predicted octanol–water partition coefficient (Wildman–Crippen LogP) is 4.81. The fourth-order valence-electron chi connectivity index (χ4n) is 2.89. The van der Waals surface area contributed by atoms with Crippen LogP contribution >= 0.6 is 0 Å². The topological polar surface area (TPSA) is 73.7 Å². The summed E-state index contributed by atoms with van der Waals surface area (Å²) < 4.78 is 16.5. The molecule has 1 aromatic heterocycles. The van der Waals surface area contributed by atoms with Crippen molar-refractivity contribution in [1.82, 2.24) is 9.97 Å². The number of aromatic hydroxyl groups is 1. The number of fused-ring (bicyclic) bond motifs is 1. The molecule has 1 heterocycles. The second-order valence-electron chi connectivity index (χ2n) is 6.01. The van der Waals surface area contributed by atoms with Crippen molar-refractivity contribution in [3.8, 4) is 40.3 Å². The zero-order chi connectivity index (χ0) is 19.5. The maximum Gasteiger partial charge on any atom is 0.230 e. The van der Waals surface area contributed by atoms with Crippen LogP contribution in [0, 0.1) is 0 Å². The Labute approximate surface area is 162 Å². The van der Waals surface area contributed by atoms with Crippen LogP contribution < -0.4 is 14.2 Å². The quantitative estimate of drug-likeness (QED) is 0.540. The van der Waals surface area contributed by atoms with Crippen molar-refractivity contribution in [3.05, 3.63) is 66.7 Å². The van der Waals surface area contributed by atoms with Crippen molar-refractivity contribution >= 4 is 10.9 Å². The summed E-state index contributed by atoms with van der Waals surface area (Å²) in [4.78, 5) is 9.15. The summed E-state index contributed by atoms with van der Waals surface area (Å²) >= 11 is 0. The number of benzene rings is 3. The predicted molar refractivity (Wildman–Crippen MR) is 106 cm³/mol. The highest BCUT2D eigenvalue weighted by Crippen LogP contribution is 2.37. The molecule has 28 heavy (non-hydrogen) atoms. The molecule has 0 fully saturated rings. The van der Waals surface area contributed by atoms with Crippen LogP contribution in [0.1, 0.15) is 0 Å². The SMILES string of the molecule is COc1cccc(Oc2nc(-c3cccc(OC)c3O)nc3ccccc23)c1. The molecular weight excluding hydrogens is 356 g/mol. The maximum absolute atomic E-state index is 10.5. The Kier molecular flexibility index (Phi) is 4.68. The number of rotatable bonds is 5. The zero-order valence-electron chi connectivity index (χ0n) is 15.4. The Morgan fingerprint density at radius 3 is 2.39 bits per heavy atom. The molecule has 4 aromatic rings. The third kappa shape index (κ3) is 3.27. The minimum atomic E-state index is -0.0207. The smallest absolute Gasteiger partial charge is 0.230 e. The molecule has 0 saturated carbocycles. The first-order chi connectivity index (χ1) is 13.7. The van der Waals surface area contributed by atoms with Gasteiger partial charge in [-0.25, -0.2) is 4.98 Å². The lowest BCUT2D eigenvalue weighted by molar-refractivity contribution is 0.374. The number of hydrogen-bond acceptors (Lipinski definition) is 6. The van der Waals surface area contributed by atoms with E-state index in [-0.39, 0.29) is 5.75 Å². The average Bonchev–Trinajstić information content (AvgIpc) is 2.74. The summed E-state index contributed by atoms with van der Waals surface area (Å²) in [6, 6.07) is 20.0. The first-order valence-electron chi connectivity index (χ1n) is 8.64. The van der Waals surface area contributed by atoms with Gasteiger partial charge in [-0.3, -0.25) is 0 Å². The van der Waals surface area contributed by atoms with E-state index < -0.39 is 0 Å². The molecule has 6 heteroatoms. The Hall–Kier alpha value is -3.80. The first-order valence-corrected chi connectivity index (χ1v) is 8.64. The van der Waals surface area contributed by atoms with Crippen molar-refractivity contribution in [1.29, 1.82) is 0 Å². The van der Waals surface area contributed by atoms with E-state index in [4.69, 9.17) is 14.2 Å². The minimum Gasteiger partial charge on any atom is -0.504 e. The molecule has 0 atom stereocenters. The molecule has 0 unspecified atom stereocenters. The number of phenols is 1. The normalized spacial score (nSPS) is 10.6. The molecule has 1 N–H and O–H groups in total. The number of methoxy groups -OCH3 is 2. The van der Waals surface area contributed by atoms with Gasteiger partial charge in [0.2, 0.25) is 5.88 Å². The summed E-state index contributed by atoms with van der Waals surface area (Å²) in [6.45, 7) is 0. The number of hydrogen-bond donors (Lipinski definition) is 1. The van der Waals surface area contributed by atoms with E-state index in [2.05, 4.69) is 9.97 Å². The van der Waals surface area contributed by atoms with Gasteiger partial charge in [-0.15, -0.1) is 0 Å². The van der Waals surface area contributed by atoms with Crippen LogP contribution in [0.4, 0.5) is 0 Å². The monoisotopic (exact) mass is 374 g/mol. The lowest BCUT2D eigenvalue weighted by Crippen LogP contribution is -1.97. The van der Waals surface area contributed by atoms with Crippen molar-refractivity contribution in [2.24, 2.45) is 0 Å². The Bertz CT molecular complexity index is 1140. The molecule has 0 radical (unpaired) electrons. The molecule has 6 nitrogen and oxygen atoms in total. The summed E-state index contributed by atoms with van der Waals surface area (Å²) in [7, 11) is 3.10. The van der Waals surface area contributed by atoms with Gasteiger partial charge in [0.25, 0.3) is 0 Å². The summed E-state index contributed by atoms with van der Waals surface area (Å²) in [5, 5.41) is 11.3. The van der Waals surface area contributed by atoms with Crippen molar-refractivity contribution in [2.75, 3.05) is 14.2 Å². The Balaban J connectivity index is 1.86. The highest BCUT2D eigenvalue weighted by Gasteiger charge is 2.16. The largest absolute Gasteiger partial charge is 0.504 e. The molecule has 4 rings (SSSR count). The highest BCUT2D eigenvalue weighted by molar-refractivity contribution is 5.86. The van der Waals surface area contributed by atoms with E-state index >= 15 is 0 Å². The number of phenolic OH excluding ortho intramolecular Hbond substituents is 1. The Morgan fingerprint density at radius 1 is 0.786 bits per heavy atom. The molecule has 140 valence electrons.